The summed E-state index contributed by atoms with van der Waals surface area (Å²) in [5.41, 5.74) is 1.32. The molecule has 28 heavy (non-hydrogen) atoms. The topological polar surface area (TPSA) is 85.4 Å². The van der Waals surface area contributed by atoms with Gasteiger partial charge in [0.15, 0.2) is 5.13 Å². The highest BCUT2D eigenvalue weighted by Crippen LogP contribution is 2.32. The number of anilines is 1. The molecule has 1 heterocycles. The van der Waals surface area contributed by atoms with Crippen LogP contribution in [0.3, 0.4) is 0 Å². The van der Waals surface area contributed by atoms with Gasteiger partial charge in [0.1, 0.15) is 5.25 Å². The molecular weight excluding hydrogens is 396 g/mol. The van der Waals surface area contributed by atoms with E-state index in [-0.39, 0.29) is 17.7 Å². The van der Waals surface area contributed by atoms with Gasteiger partial charge in [0, 0.05) is 18.7 Å². The van der Waals surface area contributed by atoms with Crippen LogP contribution in [0.2, 0.25) is 0 Å². The van der Waals surface area contributed by atoms with E-state index in [1.54, 1.807) is 11.4 Å². The maximum Gasteiger partial charge on any atom is 0.302 e. The van der Waals surface area contributed by atoms with Crippen LogP contribution < -0.4 is 4.72 Å². The molecule has 0 saturated carbocycles. The highest BCUT2D eigenvalue weighted by atomic mass is 32.2. The van der Waals surface area contributed by atoms with Gasteiger partial charge in [-0.25, -0.2) is 13.4 Å². The van der Waals surface area contributed by atoms with E-state index in [0.29, 0.717) is 17.7 Å². The van der Waals surface area contributed by atoms with Gasteiger partial charge in [-0.05, 0) is 16.3 Å². The van der Waals surface area contributed by atoms with E-state index in [1.807, 2.05) is 36.4 Å². The number of ether oxygens (including phenoxy) is 1. The lowest BCUT2D eigenvalue weighted by molar-refractivity contribution is -0.140. The van der Waals surface area contributed by atoms with E-state index in [4.69, 9.17) is 4.74 Å². The van der Waals surface area contributed by atoms with Crippen molar-refractivity contribution < 1.29 is 17.9 Å². The minimum Gasteiger partial charge on any atom is -0.465 e. The summed E-state index contributed by atoms with van der Waals surface area (Å²) in [4.78, 5) is 15.1. The van der Waals surface area contributed by atoms with E-state index in [9.17, 15) is 13.2 Å². The van der Waals surface area contributed by atoms with Gasteiger partial charge in [0.25, 0.3) is 0 Å². The molecule has 146 valence electrons. The molecule has 8 heteroatoms. The van der Waals surface area contributed by atoms with Crippen LogP contribution in [-0.4, -0.2) is 26.0 Å². The lowest BCUT2D eigenvalue weighted by Gasteiger charge is -2.16. The van der Waals surface area contributed by atoms with Gasteiger partial charge < -0.3 is 4.74 Å². The Kier molecular flexibility index (Phi) is 6.11. The summed E-state index contributed by atoms with van der Waals surface area (Å²) >= 11 is 1.19. The maximum atomic E-state index is 13.0. The van der Waals surface area contributed by atoms with Gasteiger partial charge in [0.2, 0.25) is 10.0 Å². The van der Waals surface area contributed by atoms with E-state index >= 15 is 0 Å². The summed E-state index contributed by atoms with van der Waals surface area (Å²) in [6, 6.07) is 13.2. The predicted octanol–water partition coefficient (Wildman–Crippen LogP) is 4.07. The van der Waals surface area contributed by atoms with Crippen LogP contribution in [0.15, 0.2) is 60.5 Å². The number of aromatic nitrogens is 1. The van der Waals surface area contributed by atoms with E-state index in [0.717, 1.165) is 10.8 Å². The van der Waals surface area contributed by atoms with Gasteiger partial charge in [0.05, 0.1) is 12.3 Å². The first-order valence-corrected chi connectivity index (χ1v) is 11.0. The number of benzene rings is 2. The average molecular weight is 417 g/mol. The summed E-state index contributed by atoms with van der Waals surface area (Å²) < 4.78 is 33.4. The summed E-state index contributed by atoms with van der Waals surface area (Å²) in [6.45, 7) is 5.27. The number of rotatable bonds is 8. The summed E-state index contributed by atoms with van der Waals surface area (Å²) in [6.07, 6.45) is 1.84. The Bertz CT molecular complexity index is 1100. The first-order chi connectivity index (χ1) is 13.4. The van der Waals surface area contributed by atoms with Crippen molar-refractivity contribution in [2.45, 2.75) is 18.6 Å². The molecule has 2 aromatic carbocycles. The standard InChI is InChI=1S/C20H20N2O4S2/c1-3-19(18-10-6-8-15-7-4-5-9-17(15)18)28(24,25)22-20-21-16(13-27-20)11-12-26-14(2)23/h3-10,13,19H,1,11-12H2,2H3,(H,21,22). The van der Waals surface area contributed by atoms with Crippen LogP contribution in [0.1, 0.15) is 23.4 Å². The fraction of sp³-hybridized carbons (Fsp3) is 0.200. The fourth-order valence-corrected chi connectivity index (χ4v) is 5.21. The van der Waals surface area contributed by atoms with E-state index in [1.165, 1.54) is 24.3 Å². The monoisotopic (exact) mass is 416 g/mol. The molecule has 6 nitrogen and oxygen atoms in total. The number of nitrogens with one attached hydrogen (secondary N) is 1. The number of thiazole rings is 1. The Morgan fingerprint density at radius 1 is 1.29 bits per heavy atom. The third kappa shape index (κ3) is 4.58. The molecule has 0 spiro atoms. The number of hydrogen-bond donors (Lipinski definition) is 1. The lowest BCUT2D eigenvalue weighted by atomic mass is 10.0. The Morgan fingerprint density at radius 2 is 2.04 bits per heavy atom. The Labute approximate surface area is 167 Å². The van der Waals surface area contributed by atoms with Gasteiger partial charge in [-0.2, -0.15) is 0 Å². The van der Waals surface area contributed by atoms with Crippen molar-refractivity contribution >= 4 is 43.2 Å². The van der Waals surface area contributed by atoms with Crippen molar-refractivity contribution in [3.05, 3.63) is 71.8 Å². The second-order valence-corrected chi connectivity index (χ2v) is 8.77. The van der Waals surface area contributed by atoms with Crippen LogP contribution in [0.4, 0.5) is 5.13 Å². The molecule has 0 saturated heterocycles. The van der Waals surface area contributed by atoms with Gasteiger partial charge in [-0.1, -0.05) is 48.5 Å². The van der Waals surface area contributed by atoms with Crippen LogP contribution >= 0.6 is 11.3 Å². The zero-order valence-corrected chi connectivity index (χ0v) is 16.9. The van der Waals surface area contributed by atoms with E-state index in [2.05, 4.69) is 16.3 Å². The third-order valence-corrected chi connectivity index (χ3v) is 6.65. The van der Waals surface area contributed by atoms with Crippen molar-refractivity contribution in [1.29, 1.82) is 0 Å². The number of fused-ring (bicyclic) bond motifs is 1. The largest absolute Gasteiger partial charge is 0.465 e. The first-order valence-electron chi connectivity index (χ1n) is 8.60. The molecule has 3 aromatic rings. The molecule has 0 aliphatic carbocycles. The Balaban J connectivity index is 1.82. The van der Waals surface area contributed by atoms with Crippen LogP contribution in [0.5, 0.6) is 0 Å². The normalized spacial score (nSPS) is 12.5. The van der Waals surface area contributed by atoms with Gasteiger partial charge in [-0.3, -0.25) is 9.52 Å². The number of carbonyl (C=O) groups is 1. The third-order valence-electron chi connectivity index (χ3n) is 4.12. The average Bonchev–Trinajstić information content (AvgIpc) is 3.08. The smallest absolute Gasteiger partial charge is 0.302 e. The minimum atomic E-state index is -3.80. The molecule has 0 amide bonds. The quantitative estimate of drug-likeness (QED) is 0.442. The van der Waals surface area contributed by atoms with E-state index < -0.39 is 15.3 Å². The minimum absolute atomic E-state index is 0.205. The lowest BCUT2D eigenvalue weighted by Crippen LogP contribution is -2.20. The zero-order valence-electron chi connectivity index (χ0n) is 15.3. The highest BCUT2D eigenvalue weighted by molar-refractivity contribution is 7.93. The summed E-state index contributed by atoms with van der Waals surface area (Å²) in [7, 11) is -3.80. The SMILES string of the molecule is C=CC(c1cccc2ccccc12)S(=O)(=O)Nc1nc(CCOC(C)=O)cs1. The molecule has 1 atom stereocenters. The molecule has 0 fully saturated rings. The molecule has 0 aliphatic heterocycles. The van der Waals surface area contributed by atoms with Crippen molar-refractivity contribution in [3.63, 3.8) is 0 Å². The number of hydrogen-bond acceptors (Lipinski definition) is 6. The molecule has 0 aliphatic rings. The molecule has 1 N–H and O–H groups in total. The number of carbonyl (C=O) groups excluding carboxylic acids is 1. The van der Waals surface area contributed by atoms with Crippen LogP contribution in [-0.2, 0) is 26.0 Å². The molecule has 3 rings (SSSR count). The number of esters is 1. The maximum absolute atomic E-state index is 13.0. The molecule has 0 radical (unpaired) electrons. The van der Waals surface area contributed by atoms with Crippen LogP contribution in [0, 0.1) is 0 Å². The summed E-state index contributed by atoms with van der Waals surface area (Å²) in [5.74, 6) is -0.361. The Morgan fingerprint density at radius 3 is 2.79 bits per heavy atom. The fourth-order valence-electron chi connectivity index (χ4n) is 2.87. The van der Waals surface area contributed by atoms with Crippen molar-refractivity contribution in [1.82, 2.24) is 4.98 Å². The molecule has 1 unspecified atom stereocenters. The zero-order chi connectivity index (χ0) is 20.1. The Hall–Kier alpha value is -2.71. The second kappa shape index (κ2) is 8.53. The number of sulfonamides is 1. The molecule has 0 bridgehead atoms. The molecular formula is C20H20N2O4S2. The van der Waals surface area contributed by atoms with Gasteiger partial charge >= 0.3 is 5.97 Å². The van der Waals surface area contributed by atoms with Crippen molar-refractivity contribution in [2.24, 2.45) is 0 Å². The number of nitrogens with zero attached hydrogens (tertiary/aromatic N) is 1. The van der Waals surface area contributed by atoms with Crippen molar-refractivity contribution in [3.8, 4) is 0 Å². The molecule has 1 aromatic heterocycles. The first kappa shape index (κ1) is 20.0. The summed E-state index contributed by atoms with van der Waals surface area (Å²) in [5, 5.41) is 2.91. The predicted molar refractivity (Wildman–Crippen MR) is 112 cm³/mol. The second-order valence-electron chi connectivity index (χ2n) is 6.11. The highest BCUT2D eigenvalue weighted by Gasteiger charge is 2.27. The van der Waals surface area contributed by atoms with Crippen molar-refractivity contribution in [2.75, 3.05) is 11.3 Å². The van der Waals surface area contributed by atoms with Gasteiger partial charge in [-0.15, -0.1) is 17.9 Å². The van der Waals surface area contributed by atoms with Crippen LogP contribution in [0.25, 0.3) is 10.8 Å².